The first-order chi connectivity index (χ1) is 15.6. The van der Waals surface area contributed by atoms with Gasteiger partial charge in [0.1, 0.15) is 5.82 Å². The maximum atomic E-state index is 13.3. The number of carbonyl (C=O) groups excluding carboxylic acids is 1. The number of amides is 1. The summed E-state index contributed by atoms with van der Waals surface area (Å²) >= 11 is 0. The van der Waals surface area contributed by atoms with E-state index in [0.717, 1.165) is 61.3 Å². The van der Waals surface area contributed by atoms with Crippen molar-refractivity contribution >= 4 is 28.6 Å². The molecule has 0 unspecified atom stereocenters. The van der Waals surface area contributed by atoms with Gasteiger partial charge in [-0.3, -0.25) is 9.59 Å². The van der Waals surface area contributed by atoms with Gasteiger partial charge in [0.15, 0.2) is 5.82 Å². The molecule has 5 rings (SSSR count). The highest BCUT2D eigenvalue weighted by molar-refractivity contribution is 5.90. The molecule has 1 amide bonds. The largest absolute Gasteiger partial charge is 0.352 e. The van der Waals surface area contributed by atoms with Gasteiger partial charge in [0.05, 0.1) is 22.8 Å². The number of aryl methyl sites for hydroxylation is 2. The number of fused-ring (bicyclic) bond motifs is 1. The van der Waals surface area contributed by atoms with Gasteiger partial charge in [0, 0.05) is 32.1 Å². The molecular weight excluding hydrogens is 404 g/mol. The van der Waals surface area contributed by atoms with Crippen LogP contribution in [0.5, 0.6) is 0 Å². The van der Waals surface area contributed by atoms with Crippen molar-refractivity contribution in [2.75, 3.05) is 23.3 Å². The summed E-state index contributed by atoms with van der Waals surface area (Å²) in [6.45, 7) is 3.96. The Kier molecular flexibility index (Phi) is 5.68. The van der Waals surface area contributed by atoms with Crippen LogP contribution in [0.25, 0.3) is 11.0 Å². The lowest BCUT2D eigenvalue weighted by molar-refractivity contribution is -0.116. The number of benzene rings is 1. The Hall–Kier alpha value is -3.16. The average Bonchev–Trinajstić information content (AvgIpc) is 3.55. The predicted octanol–water partition coefficient (Wildman–Crippen LogP) is 3.65. The quantitative estimate of drug-likeness (QED) is 0.640. The van der Waals surface area contributed by atoms with Gasteiger partial charge >= 0.3 is 0 Å². The van der Waals surface area contributed by atoms with Gasteiger partial charge in [-0.05, 0) is 44.7 Å². The van der Waals surface area contributed by atoms with Crippen molar-refractivity contribution in [3.63, 3.8) is 0 Å². The van der Waals surface area contributed by atoms with Crippen molar-refractivity contribution < 1.29 is 4.79 Å². The zero-order valence-corrected chi connectivity index (χ0v) is 18.6. The van der Waals surface area contributed by atoms with Crippen LogP contribution in [0.15, 0.2) is 35.1 Å². The van der Waals surface area contributed by atoms with Gasteiger partial charge in [-0.2, -0.15) is 5.10 Å². The van der Waals surface area contributed by atoms with Crippen LogP contribution in [0.1, 0.15) is 56.7 Å². The van der Waals surface area contributed by atoms with Gasteiger partial charge in [0.2, 0.25) is 5.91 Å². The molecule has 0 bridgehead atoms. The van der Waals surface area contributed by atoms with Crippen LogP contribution in [-0.4, -0.2) is 38.3 Å². The fourth-order valence-electron chi connectivity index (χ4n) is 4.99. The lowest BCUT2D eigenvalue weighted by atomic mass is 10.2. The second-order valence-corrected chi connectivity index (χ2v) is 8.93. The van der Waals surface area contributed by atoms with Crippen LogP contribution in [0.3, 0.4) is 0 Å². The Morgan fingerprint density at radius 1 is 1.12 bits per heavy atom. The molecule has 1 aromatic carbocycles. The average molecular weight is 435 g/mol. The van der Waals surface area contributed by atoms with E-state index < -0.39 is 0 Å². The first kappa shape index (κ1) is 20.7. The van der Waals surface area contributed by atoms with Gasteiger partial charge in [0.25, 0.3) is 5.56 Å². The zero-order valence-electron chi connectivity index (χ0n) is 18.6. The van der Waals surface area contributed by atoms with Crippen LogP contribution >= 0.6 is 0 Å². The van der Waals surface area contributed by atoms with E-state index in [9.17, 15) is 9.59 Å². The highest BCUT2D eigenvalue weighted by atomic mass is 16.2. The molecule has 0 atom stereocenters. The van der Waals surface area contributed by atoms with Gasteiger partial charge in [-0.25, -0.2) is 9.67 Å². The Labute approximate surface area is 187 Å². The molecule has 2 fully saturated rings. The van der Waals surface area contributed by atoms with Crippen LogP contribution < -0.4 is 15.8 Å². The molecule has 2 aromatic heterocycles. The summed E-state index contributed by atoms with van der Waals surface area (Å²) in [6.07, 6.45) is 6.96. The Morgan fingerprint density at radius 2 is 1.88 bits per heavy atom. The van der Waals surface area contributed by atoms with Crippen molar-refractivity contribution in [2.24, 2.45) is 0 Å². The molecular formula is C24H30N6O2. The highest BCUT2D eigenvalue weighted by Crippen LogP contribution is 2.32. The van der Waals surface area contributed by atoms with Crippen LogP contribution in [0, 0.1) is 6.92 Å². The third-order valence-electron chi connectivity index (χ3n) is 6.60. The molecule has 1 aliphatic heterocycles. The lowest BCUT2D eigenvalue weighted by Gasteiger charge is -2.19. The summed E-state index contributed by atoms with van der Waals surface area (Å²) in [5.41, 5.74) is 2.33. The Morgan fingerprint density at radius 3 is 2.66 bits per heavy atom. The van der Waals surface area contributed by atoms with E-state index in [-0.39, 0.29) is 17.9 Å². The second kappa shape index (κ2) is 8.76. The number of hydrogen-bond acceptors (Lipinski definition) is 5. The molecule has 3 heterocycles. The summed E-state index contributed by atoms with van der Waals surface area (Å²) in [5, 5.41) is 7.64. The molecule has 1 aliphatic carbocycles. The number of rotatable bonds is 6. The Balaban J connectivity index is 1.37. The number of nitrogens with one attached hydrogen (secondary N) is 1. The van der Waals surface area contributed by atoms with Crippen molar-refractivity contribution in [3.8, 4) is 0 Å². The fraction of sp³-hybridized carbons (Fsp3) is 0.500. The standard InChI is InChI=1S/C24H30N6O2/c1-17-16-21(30(27-17)18-8-2-3-9-18)26-22(31)12-15-29-20-11-5-4-10-19(20)25-23(24(29)32)28-13-6-7-14-28/h4-5,10-11,16,18H,2-3,6-9,12-15H2,1H3,(H,26,31). The van der Waals surface area contributed by atoms with E-state index in [0.29, 0.717) is 18.4 Å². The van der Waals surface area contributed by atoms with E-state index in [1.165, 1.54) is 12.8 Å². The number of aromatic nitrogens is 4. The summed E-state index contributed by atoms with van der Waals surface area (Å²) in [4.78, 5) is 32.9. The molecule has 168 valence electrons. The summed E-state index contributed by atoms with van der Waals surface area (Å²) in [7, 11) is 0. The lowest BCUT2D eigenvalue weighted by Crippen LogP contribution is -2.32. The van der Waals surface area contributed by atoms with Crippen LogP contribution in [0.2, 0.25) is 0 Å². The van der Waals surface area contributed by atoms with E-state index in [2.05, 4.69) is 20.3 Å². The molecule has 3 aromatic rings. The number of carbonyl (C=O) groups is 1. The van der Waals surface area contributed by atoms with Crippen molar-refractivity contribution in [1.82, 2.24) is 19.3 Å². The maximum absolute atomic E-state index is 13.3. The molecule has 1 saturated heterocycles. The smallest absolute Gasteiger partial charge is 0.294 e. The molecule has 8 heteroatoms. The second-order valence-electron chi connectivity index (χ2n) is 8.93. The molecule has 0 radical (unpaired) electrons. The SMILES string of the molecule is Cc1cc(NC(=O)CCn2c(=O)c(N3CCCC3)nc3ccccc32)n(C2CCCC2)n1. The van der Waals surface area contributed by atoms with E-state index in [1.54, 1.807) is 4.57 Å². The number of anilines is 2. The topological polar surface area (TPSA) is 85.0 Å². The molecule has 8 nitrogen and oxygen atoms in total. The molecule has 2 aliphatic rings. The molecule has 0 spiro atoms. The third kappa shape index (κ3) is 4.01. The zero-order chi connectivity index (χ0) is 22.1. The van der Waals surface area contributed by atoms with Crippen LogP contribution in [-0.2, 0) is 11.3 Å². The Bertz CT molecular complexity index is 1180. The van der Waals surface area contributed by atoms with Gasteiger partial charge in [-0.15, -0.1) is 0 Å². The van der Waals surface area contributed by atoms with E-state index in [1.807, 2.05) is 41.9 Å². The molecule has 1 saturated carbocycles. The molecule has 1 N–H and O–H groups in total. The number of hydrogen-bond donors (Lipinski definition) is 1. The number of para-hydroxylation sites is 2. The first-order valence-corrected chi connectivity index (χ1v) is 11.7. The number of nitrogens with zero attached hydrogens (tertiary/aromatic N) is 5. The minimum Gasteiger partial charge on any atom is -0.352 e. The van der Waals surface area contributed by atoms with Crippen molar-refractivity contribution in [1.29, 1.82) is 0 Å². The van der Waals surface area contributed by atoms with E-state index in [4.69, 9.17) is 0 Å². The van der Waals surface area contributed by atoms with Gasteiger partial charge in [-0.1, -0.05) is 25.0 Å². The summed E-state index contributed by atoms with van der Waals surface area (Å²) in [5.74, 6) is 1.14. The predicted molar refractivity (Wildman–Crippen MR) is 125 cm³/mol. The summed E-state index contributed by atoms with van der Waals surface area (Å²) in [6, 6.07) is 9.93. The maximum Gasteiger partial charge on any atom is 0.294 e. The fourth-order valence-corrected chi connectivity index (χ4v) is 4.99. The normalized spacial score (nSPS) is 16.8. The summed E-state index contributed by atoms with van der Waals surface area (Å²) < 4.78 is 3.68. The van der Waals surface area contributed by atoms with Crippen molar-refractivity contribution in [2.45, 2.75) is 64.5 Å². The van der Waals surface area contributed by atoms with Gasteiger partial charge < -0.3 is 14.8 Å². The van der Waals surface area contributed by atoms with E-state index >= 15 is 0 Å². The van der Waals surface area contributed by atoms with Crippen molar-refractivity contribution in [3.05, 3.63) is 46.4 Å². The van der Waals surface area contributed by atoms with Crippen LogP contribution in [0.4, 0.5) is 11.6 Å². The minimum atomic E-state index is -0.120. The third-order valence-corrected chi connectivity index (χ3v) is 6.60. The first-order valence-electron chi connectivity index (χ1n) is 11.7. The monoisotopic (exact) mass is 434 g/mol. The molecule has 32 heavy (non-hydrogen) atoms. The minimum absolute atomic E-state index is 0.111. The highest BCUT2D eigenvalue weighted by Gasteiger charge is 2.23.